The summed E-state index contributed by atoms with van der Waals surface area (Å²) in [6.45, 7) is 6.54. The summed E-state index contributed by atoms with van der Waals surface area (Å²) in [5.74, 6) is 0. The minimum Gasteiger partial charge on any atom is -0.465 e. The number of hydrogen-bond acceptors (Lipinski definition) is 3. The molecule has 3 rings (SSSR count). The van der Waals surface area contributed by atoms with E-state index in [4.69, 9.17) is 33.0 Å². The second-order valence-corrected chi connectivity index (χ2v) is 9.55. The highest BCUT2D eigenvalue weighted by Gasteiger charge is 2.39. The first kappa shape index (κ1) is 22.9. The van der Waals surface area contributed by atoms with Crippen LogP contribution in [0.1, 0.15) is 50.8 Å². The van der Waals surface area contributed by atoms with Crippen LogP contribution >= 0.6 is 23.2 Å². The Hall–Kier alpha value is -1.79. The van der Waals surface area contributed by atoms with Crippen molar-refractivity contribution in [1.82, 2.24) is 4.90 Å². The lowest BCUT2D eigenvalue weighted by atomic mass is 9.80. The molecule has 2 unspecified atom stereocenters. The van der Waals surface area contributed by atoms with Crippen LogP contribution in [0.3, 0.4) is 0 Å². The van der Waals surface area contributed by atoms with E-state index in [1.54, 1.807) is 0 Å². The van der Waals surface area contributed by atoms with Gasteiger partial charge in [-0.3, -0.25) is 0 Å². The molecule has 0 spiro atoms. The second kappa shape index (κ2) is 9.56. The fourth-order valence-corrected chi connectivity index (χ4v) is 4.04. The number of nitrogens with zero attached hydrogens (tertiary/aromatic N) is 1. The molecule has 0 saturated carbocycles. The summed E-state index contributed by atoms with van der Waals surface area (Å²) < 4.78 is 0. The normalized spacial score (nSPS) is 19.9. The van der Waals surface area contributed by atoms with Gasteiger partial charge in [0.05, 0.1) is 6.10 Å². The van der Waals surface area contributed by atoms with Crippen LogP contribution in [-0.2, 0) is 9.78 Å². The monoisotopic (exact) mass is 451 g/mol. The van der Waals surface area contributed by atoms with Crippen molar-refractivity contribution < 1.29 is 19.7 Å². The van der Waals surface area contributed by atoms with E-state index in [2.05, 4.69) is 0 Å². The first-order chi connectivity index (χ1) is 14.1. The topological polar surface area (TPSA) is 59.0 Å². The zero-order valence-corrected chi connectivity index (χ0v) is 18.9. The van der Waals surface area contributed by atoms with Crippen LogP contribution in [0.4, 0.5) is 4.79 Å². The Balaban J connectivity index is 1.76. The molecule has 0 aromatic heterocycles. The first-order valence-electron chi connectivity index (χ1n) is 9.98. The third kappa shape index (κ3) is 5.67. The van der Waals surface area contributed by atoms with Gasteiger partial charge in [0.2, 0.25) is 0 Å². The average Bonchev–Trinajstić information content (AvgIpc) is 2.69. The van der Waals surface area contributed by atoms with E-state index < -0.39 is 12.2 Å². The van der Waals surface area contributed by atoms with Crippen LogP contribution in [0.15, 0.2) is 48.5 Å². The van der Waals surface area contributed by atoms with Crippen LogP contribution in [-0.4, -0.2) is 34.8 Å². The number of piperidine rings is 1. The number of carboxylic acid groups (broad SMARTS) is 1. The Labute approximate surface area is 187 Å². The molecule has 0 bridgehead atoms. The van der Waals surface area contributed by atoms with Gasteiger partial charge >= 0.3 is 6.09 Å². The Morgan fingerprint density at radius 1 is 1.03 bits per heavy atom. The molecule has 2 aromatic carbocycles. The molecule has 1 amide bonds. The summed E-state index contributed by atoms with van der Waals surface area (Å²) in [4.78, 5) is 25.0. The second-order valence-electron chi connectivity index (χ2n) is 8.68. The number of carbonyl (C=O) groups is 1. The lowest BCUT2D eigenvalue weighted by molar-refractivity contribution is -0.353. The predicted molar refractivity (Wildman–Crippen MR) is 118 cm³/mol. The fraction of sp³-hybridized carbons (Fsp3) is 0.435. The van der Waals surface area contributed by atoms with E-state index in [0.717, 1.165) is 11.1 Å². The van der Waals surface area contributed by atoms with Gasteiger partial charge in [0.15, 0.2) is 0 Å². The number of hydrogen-bond donors (Lipinski definition) is 1. The van der Waals surface area contributed by atoms with Gasteiger partial charge in [-0.2, -0.15) is 0 Å². The lowest BCUT2D eigenvalue weighted by Crippen LogP contribution is -2.53. The van der Waals surface area contributed by atoms with Gasteiger partial charge in [0.1, 0.15) is 6.10 Å². The highest BCUT2D eigenvalue weighted by molar-refractivity contribution is 6.30. The first-order valence-corrected chi connectivity index (χ1v) is 10.7. The molecule has 0 radical (unpaired) electrons. The van der Waals surface area contributed by atoms with Crippen molar-refractivity contribution in [3.05, 3.63) is 69.7 Å². The molecular weight excluding hydrogens is 425 g/mol. The number of halogens is 2. The minimum absolute atomic E-state index is 0.151. The Kier molecular flexibility index (Phi) is 7.30. The standard InChI is InChI=1S/C23H27Cl2NO4/c1-23(2,3)20-14-19(12-13-26(20)22(27)28)29-30-21(15-4-8-17(24)9-5-15)16-6-10-18(25)11-7-16/h4-11,19-21H,12-14H2,1-3H3,(H,27,28). The molecule has 30 heavy (non-hydrogen) atoms. The van der Waals surface area contributed by atoms with Crippen molar-refractivity contribution in [2.75, 3.05) is 6.54 Å². The minimum atomic E-state index is -0.894. The third-order valence-corrected chi connectivity index (χ3v) is 5.94. The maximum Gasteiger partial charge on any atom is 0.407 e. The molecule has 162 valence electrons. The van der Waals surface area contributed by atoms with E-state index in [9.17, 15) is 9.90 Å². The maximum atomic E-state index is 11.6. The van der Waals surface area contributed by atoms with Crippen molar-refractivity contribution in [2.24, 2.45) is 5.41 Å². The van der Waals surface area contributed by atoms with Crippen LogP contribution in [0, 0.1) is 5.41 Å². The third-order valence-electron chi connectivity index (χ3n) is 5.43. The number of rotatable bonds is 5. The van der Waals surface area contributed by atoms with Crippen molar-refractivity contribution in [3.63, 3.8) is 0 Å². The van der Waals surface area contributed by atoms with E-state index in [1.165, 1.54) is 4.90 Å². The zero-order valence-electron chi connectivity index (χ0n) is 17.3. The molecule has 7 heteroatoms. The van der Waals surface area contributed by atoms with Crippen molar-refractivity contribution >= 4 is 29.3 Å². The summed E-state index contributed by atoms with van der Waals surface area (Å²) in [5.41, 5.74) is 1.60. The highest BCUT2D eigenvalue weighted by atomic mass is 35.5. The molecule has 5 nitrogen and oxygen atoms in total. The molecule has 1 aliphatic heterocycles. The van der Waals surface area contributed by atoms with Gasteiger partial charge in [0, 0.05) is 22.6 Å². The molecule has 2 atom stereocenters. The smallest absolute Gasteiger partial charge is 0.407 e. The predicted octanol–water partition coefficient (Wildman–Crippen LogP) is 6.59. The Morgan fingerprint density at radius 3 is 1.97 bits per heavy atom. The Bertz CT molecular complexity index is 804. The van der Waals surface area contributed by atoms with Crippen LogP contribution < -0.4 is 0 Å². The van der Waals surface area contributed by atoms with Crippen molar-refractivity contribution in [1.29, 1.82) is 0 Å². The van der Waals surface area contributed by atoms with Crippen molar-refractivity contribution in [2.45, 2.75) is 51.9 Å². The van der Waals surface area contributed by atoms with Crippen LogP contribution in [0.5, 0.6) is 0 Å². The summed E-state index contributed by atoms with van der Waals surface area (Å²) >= 11 is 12.1. The largest absolute Gasteiger partial charge is 0.465 e. The maximum absolute atomic E-state index is 11.6. The summed E-state index contributed by atoms with van der Waals surface area (Å²) in [7, 11) is 0. The van der Waals surface area contributed by atoms with E-state index in [1.807, 2.05) is 69.3 Å². The SMILES string of the molecule is CC(C)(C)C1CC(OOC(c2ccc(Cl)cc2)c2ccc(Cl)cc2)CCN1C(=O)O. The molecule has 1 N–H and O–H groups in total. The van der Waals surface area contributed by atoms with E-state index in [0.29, 0.717) is 29.4 Å². The summed E-state index contributed by atoms with van der Waals surface area (Å²) in [6, 6.07) is 14.7. The number of benzene rings is 2. The number of amides is 1. The summed E-state index contributed by atoms with van der Waals surface area (Å²) in [6.07, 6.45) is -0.400. The zero-order chi connectivity index (χ0) is 21.9. The molecule has 1 aliphatic rings. The quantitative estimate of drug-likeness (QED) is 0.411. The molecule has 1 heterocycles. The van der Waals surface area contributed by atoms with E-state index >= 15 is 0 Å². The molecule has 0 aliphatic carbocycles. The fourth-order valence-electron chi connectivity index (χ4n) is 3.78. The highest BCUT2D eigenvalue weighted by Crippen LogP contribution is 2.35. The average molecular weight is 452 g/mol. The van der Waals surface area contributed by atoms with Crippen molar-refractivity contribution in [3.8, 4) is 0 Å². The molecule has 1 fully saturated rings. The molecule has 1 saturated heterocycles. The summed E-state index contributed by atoms with van der Waals surface area (Å²) in [5, 5.41) is 10.8. The van der Waals surface area contributed by atoms with Crippen LogP contribution in [0.2, 0.25) is 10.0 Å². The van der Waals surface area contributed by atoms with Gasteiger partial charge in [-0.1, -0.05) is 68.2 Å². The van der Waals surface area contributed by atoms with Gasteiger partial charge in [-0.05, 0) is 53.6 Å². The Morgan fingerprint density at radius 2 is 1.53 bits per heavy atom. The van der Waals surface area contributed by atoms with Gasteiger partial charge < -0.3 is 10.0 Å². The van der Waals surface area contributed by atoms with Gasteiger partial charge in [-0.25, -0.2) is 14.6 Å². The molecule has 2 aromatic rings. The van der Waals surface area contributed by atoms with Gasteiger partial charge in [0.25, 0.3) is 0 Å². The molecular formula is C23H27Cl2NO4. The van der Waals surface area contributed by atoms with Gasteiger partial charge in [-0.15, -0.1) is 0 Å². The number of likely N-dealkylation sites (tertiary alicyclic amines) is 1. The van der Waals surface area contributed by atoms with E-state index in [-0.39, 0.29) is 17.6 Å². The van der Waals surface area contributed by atoms with Crippen LogP contribution in [0.25, 0.3) is 0 Å². The lowest BCUT2D eigenvalue weighted by Gasteiger charge is -2.44.